The maximum absolute atomic E-state index is 13.7. The maximum atomic E-state index is 13.7. The Morgan fingerprint density at radius 2 is 2.00 bits per heavy atom. The first-order valence-corrected chi connectivity index (χ1v) is 13.3. The van der Waals surface area contributed by atoms with Gasteiger partial charge in [-0.05, 0) is 26.1 Å². The van der Waals surface area contributed by atoms with Crippen molar-refractivity contribution >= 4 is 33.3 Å². The van der Waals surface area contributed by atoms with Crippen LogP contribution in [0.5, 0.6) is 0 Å². The van der Waals surface area contributed by atoms with E-state index in [0.717, 1.165) is 36.3 Å². The van der Waals surface area contributed by atoms with Gasteiger partial charge in [0.1, 0.15) is 17.2 Å². The number of likely N-dealkylation sites (N-methyl/N-ethyl adjacent to an activating group) is 1. The lowest BCUT2D eigenvalue weighted by Gasteiger charge is -2.40. The zero-order chi connectivity index (χ0) is 26.6. The van der Waals surface area contributed by atoms with Crippen LogP contribution < -0.4 is 4.90 Å². The average molecular weight is 545 g/mol. The predicted octanol–water partition coefficient (Wildman–Crippen LogP) is 3.63. The number of piperazine rings is 1. The van der Waals surface area contributed by atoms with Crippen LogP contribution in [0.15, 0.2) is 30.5 Å². The van der Waals surface area contributed by atoms with Gasteiger partial charge in [0.25, 0.3) is 0 Å². The van der Waals surface area contributed by atoms with Gasteiger partial charge < -0.3 is 19.7 Å². The normalized spacial score (nSPS) is 18.8. The minimum atomic E-state index is -4.56. The van der Waals surface area contributed by atoms with Crippen LogP contribution in [0.2, 0.25) is 0 Å². The number of benzene rings is 1. The van der Waals surface area contributed by atoms with Crippen LogP contribution in [0.25, 0.3) is 22.6 Å². The lowest BCUT2D eigenvalue weighted by atomic mass is 10.1. The molecule has 2 aliphatic heterocycles. The Morgan fingerprint density at radius 3 is 2.76 bits per heavy atom. The highest BCUT2D eigenvalue weighted by atomic mass is 32.1. The number of H-pyrrole nitrogens is 1. The quantitative estimate of drug-likeness (QED) is 0.423. The molecule has 1 aromatic carbocycles. The number of nitrogens with one attached hydrogen (secondary N) is 1. The number of aromatic amines is 1. The summed E-state index contributed by atoms with van der Waals surface area (Å²) in [6, 6.07) is 7.08. The molecule has 1 amide bonds. The van der Waals surface area contributed by atoms with Crippen molar-refractivity contribution < 1.29 is 18.0 Å². The van der Waals surface area contributed by atoms with Gasteiger partial charge in [0, 0.05) is 56.9 Å². The van der Waals surface area contributed by atoms with Crippen LogP contribution in [0.4, 0.5) is 18.2 Å². The standard InChI is InChI=1S/C25H27F3N8OS/c1-15-11-34(9-10-36(15)20(37)14-35-13-16-12-33(2)8-7-17(16)32-35)23-21(31-24(38-23)25(26,27)28)22-29-18-5-3-4-6-19(18)30-22/h3-6,13,15H,7-12,14H2,1-2H3,(H,29,30). The summed E-state index contributed by atoms with van der Waals surface area (Å²) in [6.07, 6.45) is -1.76. The second-order valence-corrected chi connectivity index (χ2v) is 10.9. The average Bonchev–Trinajstić information content (AvgIpc) is 3.59. The Balaban J connectivity index is 1.21. The molecule has 3 aromatic heterocycles. The molecule has 0 spiro atoms. The third-order valence-corrected chi connectivity index (χ3v) is 8.25. The number of anilines is 1. The third-order valence-electron chi connectivity index (χ3n) is 7.09. The Labute approximate surface area is 220 Å². The van der Waals surface area contributed by atoms with Gasteiger partial charge >= 0.3 is 6.18 Å². The van der Waals surface area contributed by atoms with Gasteiger partial charge in [-0.2, -0.15) is 18.3 Å². The highest BCUT2D eigenvalue weighted by Crippen LogP contribution is 2.42. The summed E-state index contributed by atoms with van der Waals surface area (Å²) in [5.74, 6) is 0.246. The van der Waals surface area contributed by atoms with Crippen molar-refractivity contribution in [2.75, 3.05) is 38.1 Å². The number of alkyl halides is 3. The minimum absolute atomic E-state index is 0.0526. The molecular weight excluding hydrogens is 517 g/mol. The fourth-order valence-electron chi connectivity index (χ4n) is 5.20. The Hall–Kier alpha value is -3.45. The molecule has 1 fully saturated rings. The minimum Gasteiger partial charge on any atom is -0.358 e. The van der Waals surface area contributed by atoms with E-state index in [0.29, 0.717) is 47.3 Å². The van der Waals surface area contributed by atoms with Gasteiger partial charge in [0.05, 0.1) is 16.7 Å². The molecule has 13 heteroatoms. The fourth-order valence-corrected chi connectivity index (χ4v) is 6.17. The number of fused-ring (bicyclic) bond motifs is 2. The summed E-state index contributed by atoms with van der Waals surface area (Å²) < 4.78 is 42.7. The molecule has 38 heavy (non-hydrogen) atoms. The van der Waals surface area contributed by atoms with E-state index in [2.05, 4.69) is 32.0 Å². The first-order chi connectivity index (χ1) is 18.2. The van der Waals surface area contributed by atoms with E-state index < -0.39 is 11.2 Å². The number of aromatic nitrogens is 5. The zero-order valence-corrected chi connectivity index (χ0v) is 21.8. The molecule has 9 nitrogen and oxygen atoms in total. The van der Waals surface area contributed by atoms with Crippen molar-refractivity contribution in [3.05, 3.63) is 46.7 Å². The van der Waals surface area contributed by atoms with E-state index in [4.69, 9.17) is 0 Å². The summed E-state index contributed by atoms with van der Waals surface area (Å²) in [6.45, 7) is 5.00. The molecule has 1 saturated heterocycles. The number of hydrogen-bond donors (Lipinski definition) is 1. The third kappa shape index (κ3) is 4.64. The maximum Gasteiger partial charge on any atom is 0.443 e. The second kappa shape index (κ2) is 9.38. The van der Waals surface area contributed by atoms with E-state index in [1.54, 1.807) is 15.6 Å². The summed E-state index contributed by atoms with van der Waals surface area (Å²) in [5, 5.41) is 4.09. The number of imidazole rings is 1. The Kier molecular flexibility index (Phi) is 6.14. The van der Waals surface area contributed by atoms with Crippen molar-refractivity contribution in [1.82, 2.24) is 34.5 Å². The van der Waals surface area contributed by atoms with Crippen molar-refractivity contribution in [3.63, 3.8) is 0 Å². The van der Waals surface area contributed by atoms with Crippen molar-refractivity contribution in [1.29, 1.82) is 0 Å². The van der Waals surface area contributed by atoms with Crippen LogP contribution in [0.1, 0.15) is 23.2 Å². The lowest BCUT2D eigenvalue weighted by Crippen LogP contribution is -2.54. The number of hydrogen-bond acceptors (Lipinski definition) is 7. The van der Waals surface area contributed by atoms with E-state index >= 15 is 0 Å². The van der Waals surface area contributed by atoms with Crippen LogP contribution >= 0.6 is 11.3 Å². The molecule has 4 aromatic rings. The Bertz CT molecular complexity index is 1460. The molecule has 0 aliphatic carbocycles. The van der Waals surface area contributed by atoms with E-state index in [1.165, 1.54) is 0 Å². The van der Waals surface area contributed by atoms with Gasteiger partial charge in [-0.3, -0.25) is 9.48 Å². The van der Waals surface area contributed by atoms with Crippen LogP contribution in [0.3, 0.4) is 0 Å². The summed E-state index contributed by atoms with van der Waals surface area (Å²) in [7, 11) is 2.06. The molecule has 1 N–H and O–H groups in total. The number of halogens is 3. The zero-order valence-electron chi connectivity index (χ0n) is 21.0. The van der Waals surface area contributed by atoms with Crippen molar-refractivity contribution in [3.8, 4) is 11.5 Å². The summed E-state index contributed by atoms with van der Waals surface area (Å²) in [4.78, 5) is 30.6. The second-order valence-electron chi connectivity index (χ2n) is 9.94. The lowest BCUT2D eigenvalue weighted by molar-refractivity contribution is -0.137. The van der Waals surface area contributed by atoms with E-state index in [1.807, 2.05) is 36.2 Å². The van der Waals surface area contributed by atoms with Crippen molar-refractivity contribution in [2.45, 2.75) is 38.7 Å². The van der Waals surface area contributed by atoms with Gasteiger partial charge in [-0.15, -0.1) is 0 Å². The number of nitrogens with zero attached hydrogens (tertiary/aromatic N) is 7. The molecule has 200 valence electrons. The fraction of sp³-hybridized carbons (Fsp3) is 0.440. The number of amides is 1. The van der Waals surface area contributed by atoms with Crippen LogP contribution in [-0.2, 0) is 30.5 Å². The monoisotopic (exact) mass is 544 g/mol. The van der Waals surface area contributed by atoms with Crippen molar-refractivity contribution in [2.24, 2.45) is 0 Å². The molecule has 0 saturated carbocycles. The molecule has 6 rings (SSSR count). The molecule has 1 atom stereocenters. The predicted molar refractivity (Wildman–Crippen MR) is 138 cm³/mol. The SMILES string of the molecule is CC1CN(c2sc(C(F)(F)F)nc2-c2nc3ccccc3[nH]2)CCN1C(=O)Cn1cc2c(n1)CCN(C)C2. The summed E-state index contributed by atoms with van der Waals surface area (Å²) in [5.41, 5.74) is 3.75. The first-order valence-electron chi connectivity index (χ1n) is 12.5. The smallest absolute Gasteiger partial charge is 0.358 e. The molecule has 0 radical (unpaired) electrons. The molecule has 0 bridgehead atoms. The topological polar surface area (TPSA) is 86.2 Å². The van der Waals surface area contributed by atoms with Gasteiger partial charge in [0.15, 0.2) is 5.82 Å². The van der Waals surface area contributed by atoms with E-state index in [-0.39, 0.29) is 24.2 Å². The Morgan fingerprint density at radius 1 is 1.18 bits per heavy atom. The summed E-state index contributed by atoms with van der Waals surface area (Å²) >= 11 is 0.616. The highest BCUT2D eigenvalue weighted by Gasteiger charge is 2.39. The first kappa shape index (κ1) is 24.9. The molecular formula is C25H27F3N8OS. The molecule has 5 heterocycles. The molecule has 1 unspecified atom stereocenters. The van der Waals surface area contributed by atoms with Gasteiger partial charge in [-0.1, -0.05) is 23.5 Å². The van der Waals surface area contributed by atoms with Crippen LogP contribution in [-0.4, -0.2) is 79.7 Å². The van der Waals surface area contributed by atoms with Gasteiger partial charge in [0.2, 0.25) is 10.9 Å². The van der Waals surface area contributed by atoms with Crippen LogP contribution in [0, 0.1) is 0 Å². The number of rotatable bonds is 4. The number of thiazole rings is 1. The number of carbonyl (C=O) groups excluding carboxylic acids is 1. The highest BCUT2D eigenvalue weighted by molar-refractivity contribution is 7.16. The van der Waals surface area contributed by atoms with Gasteiger partial charge in [-0.25, -0.2) is 9.97 Å². The number of carbonyl (C=O) groups is 1. The molecule has 2 aliphatic rings. The number of para-hydroxylation sites is 2. The van der Waals surface area contributed by atoms with E-state index in [9.17, 15) is 18.0 Å². The largest absolute Gasteiger partial charge is 0.443 e.